The average Bonchev–Trinajstić information content (AvgIpc) is 3.00. The Morgan fingerprint density at radius 2 is 0.756 bits per heavy atom. The molecule has 0 fully saturated rings. The van der Waals surface area contributed by atoms with Crippen LogP contribution in [0.4, 0.5) is 13.2 Å². The molecule has 12 heteroatoms. The normalized spacial score (nSPS) is 10.9. The average molecular weight is 954 g/mol. The molecule has 0 atom stereocenters. The Hall–Kier alpha value is -2.73. The van der Waals surface area contributed by atoms with Crippen LogP contribution >= 0.6 is 67.8 Å². The van der Waals surface area contributed by atoms with Crippen LogP contribution in [0.3, 0.4) is 0 Å². The maximum atomic E-state index is 13.9. The minimum atomic E-state index is -0.736. The van der Waals surface area contributed by atoms with Gasteiger partial charge in [0.2, 0.25) is 0 Å². The molecule has 0 aliphatic carbocycles. The van der Waals surface area contributed by atoms with Gasteiger partial charge in [-0.15, -0.1) is 0 Å². The van der Waals surface area contributed by atoms with Crippen LogP contribution in [0, 0.1) is 48.9 Å². The van der Waals surface area contributed by atoms with Crippen molar-refractivity contribution < 1.29 is 41.8 Å². The highest BCUT2D eigenvalue weighted by atomic mass is 127. The summed E-state index contributed by atoms with van der Waals surface area (Å²) < 4.78 is 59.9. The first-order chi connectivity index (χ1) is 21.3. The van der Waals surface area contributed by atoms with Crippen LogP contribution in [0.15, 0.2) is 54.6 Å². The Morgan fingerprint density at radius 1 is 0.511 bits per heavy atom. The number of hydrogen-bond donors (Lipinski definition) is 0. The number of carbonyl (C=O) groups is 3. The summed E-state index contributed by atoms with van der Waals surface area (Å²) in [4.78, 5) is 38.8. The van der Waals surface area contributed by atoms with E-state index in [0.717, 1.165) is 18.2 Å². The topological polar surface area (TPSA) is 78.9 Å². The smallest absolute Gasteiger partial charge is 0.339 e. The summed E-state index contributed by atoms with van der Waals surface area (Å²) in [6.45, 7) is 4.68. The predicted octanol–water partition coefficient (Wildman–Crippen LogP) is 8.91. The number of esters is 3. The number of halogens is 6. The van der Waals surface area contributed by atoms with E-state index in [2.05, 4.69) is 0 Å². The second kappa shape index (κ2) is 15.2. The van der Waals surface area contributed by atoms with Crippen LogP contribution in [0.25, 0.3) is 0 Å². The molecule has 0 radical (unpaired) electrons. The summed E-state index contributed by atoms with van der Waals surface area (Å²) in [5, 5.41) is 0. The predicted molar refractivity (Wildman–Crippen MR) is 185 cm³/mol. The van der Waals surface area contributed by atoms with Crippen molar-refractivity contribution >= 4 is 85.7 Å². The van der Waals surface area contributed by atoms with Gasteiger partial charge in [0.25, 0.3) is 0 Å². The molecule has 6 nitrogen and oxygen atoms in total. The van der Waals surface area contributed by atoms with Crippen molar-refractivity contribution in [3.05, 3.63) is 133 Å². The van der Waals surface area contributed by atoms with Crippen LogP contribution in [0.2, 0.25) is 0 Å². The van der Waals surface area contributed by atoms with Crippen molar-refractivity contribution in [1.82, 2.24) is 0 Å². The summed E-state index contributed by atoms with van der Waals surface area (Å²) in [5.74, 6) is -3.96. The largest absolute Gasteiger partial charge is 0.457 e. The Morgan fingerprint density at radius 3 is 1.00 bits per heavy atom. The monoisotopic (exact) mass is 954 g/mol. The molecule has 4 aromatic carbocycles. The van der Waals surface area contributed by atoms with Gasteiger partial charge in [-0.1, -0.05) is 0 Å². The van der Waals surface area contributed by atoms with Crippen molar-refractivity contribution in [2.24, 2.45) is 0 Å². The standard InChI is InChI=1S/C33H24F3I3O6/c1-16-25(13-43-31(40)22-10-19(34)4-7-28(22)37)17(2)27(15-45-33(42)24-12-21(36)6-9-30(24)39)18(3)26(16)14-44-32(41)23-11-20(35)5-8-29(23)38/h4-12H,13-15H2,1-3H3. The van der Waals surface area contributed by atoms with Gasteiger partial charge in [-0.3, -0.25) is 0 Å². The fourth-order valence-electron chi connectivity index (χ4n) is 4.65. The van der Waals surface area contributed by atoms with Crippen molar-refractivity contribution in [2.45, 2.75) is 40.6 Å². The van der Waals surface area contributed by atoms with Crippen LogP contribution in [0.1, 0.15) is 64.5 Å². The van der Waals surface area contributed by atoms with Gasteiger partial charge in [0, 0.05) is 10.7 Å². The van der Waals surface area contributed by atoms with Gasteiger partial charge >= 0.3 is 17.9 Å². The molecule has 4 rings (SSSR count). The van der Waals surface area contributed by atoms with E-state index >= 15 is 0 Å². The molecule has 0 aliphatic heterocycles. The van der Waals surface area contributed by atoms with E-state index < -0.39 is 35.4 Å². The fourth-order valence-corrected chi connectivity index (χ4v) is 6.31. The molecule has 0 saturated heterocycles. The molecule has 0 aliphatic rings. The van der Waals surface area contributed by atoms with Gasteiger partial charge in [-0.2, -0.15) is 0 Å². The number of rotatable bonds is 9. The van der Waals surface area contributed by atoms with Crippen molar-refractivity contribution in [3.63, 3.8) is 0 Å². The van der Waals surface area contributed by atoms with E-state index in [1.807, 2.05) is 67.8 Å². The van der Waals surface area contributed by atoms with Gasteiger partial charge in [0.05, 0.1) is 16.7 Å². The van der Waals surface area contributed by atoms with E-state index in [-0.39, 0.29) is 36.5 Å². The Bertz CT molecular complexity index is 1600. The third-order valence-corrected chi connectivity index (χ3v) is 10.0. The second-order valence-electron chi connectivity index (χ2n) is 9.91. The zero-order valence-electron chi connectivity index (χ0n) is 24.0. The highest BCUT2D eigenvalue weighted by Crippen LogP contribution is 2.31. The zero-order chi connectivity index (χ0) is 33.0. The molecule has 0 spiro atoms. The summed E-state index contributed by atoms with van der Waals surface area (Å²) in [6.07, 6.45) is 0. The van der Waals surface area contributed by atoms with Crippen molar-refractivity contribution in [1.29, 1.82) is 0 Å². The molecule has 0 unspecified atom stereocenters. The second-order valence-corrected chi connectivity index (χ2v) is 13.4. The summed E-state index contributed by atoms with van der Waals surface area (Å²) in [5.41, 5.74) is 3.87. The highest BCUT2D eigenvalue weighted by Gasteiger charge is 2.23. The third kappa shape index (κ3) is 8.36. The first kappa shape index (κ1) is 35.1. The molecular weight excluding hydrogens is 930 g/mol. The van der Waals surface area contributed by atoms with Gasteiger partial charge in [-0.05, 0) is 177 Å². The van der Waals surface area contributed by atoms with Crippen LogP contribution < -0.4 is 0 Å². The lowest BCUT2D eigenvalue weighted by atomic mass is 9.89. The molecule has 234 valence electrons. The molecule has 0 heterocycles. The molecule has 4 aromatic rings. The minimum Gasteiger partial charge on any atom is -0.457 e. The lowest BCUT2D eigenvalue weighted by Gasteiger charge is -2.22. The van der Waals surface area contributed by atoms with Crippen molar-refractivity contribution in [3.8, 4) is 0 Å². The Kier molecular flexibility index (Phi) is 11.9. The van der Waals surface area contributed by atoms with Crippen LogP contribution in [0.5, 0.6) is 0 Å². The van der Waals surface area contributed by atoms with E-state index in [9.17, 15) is 27.6 Å². The zero-order valence-corrected chi connectivity index (χ0v) is 30.5. The lowest BCUT2D eigenvalue weighted by molar-refractivity contribution is 0.0469. The van der Waals surface area contributed by atoms with E-state index in [0.29, 0.717) is 44.1 Å². The van der Waals surface area contributed by atoms with Gasteiger partial charge < -0.3 is 14.2 Å². The minimum absolute atomic E-state index is 0.0655. The third-order valence-electron chi connectivity index (χ3n) is 7.20. The molecular formula is C33H24F3I3O6. The van der Waals surface area contributed by atoms with Gasteiger partial charge in [-0.25, -0.2) is 27.6 Å². The summed E-state index contributed by atoms with van der Waals surface area (Å²) in [7, 11) is 0. The summed E-state index contributed by atoms with van der Waals surface area (Å²) >= 11 is 5.74. The van der Waals surface area contributed by atoms with Crippen LogP contribution in [-0.2, 0) is 34.0 Å². The Labute approximate surface area is 298 Å². The maximum Gasteiger partial charge on any atom is 0.339 e. The van der Waals surface area contributed by atoms with Crippen LogP contribution in [-0.4, -0.2) is 17.9 Å². The maximum absolute atomic E-state index is 13.9. The lowest BCUT2D eigenvalue weighted by Crippen LogP contribution is -2.16. The molecule has 45 heavy (non-hydrogen) atoms. The van der Waals surface area contributed by atoms with Gasteiger partial charge in [0.1, 0.15) is 37.3 Å². The Balaban J connectivity index is 1.67. The quantitative estimate of drug-likeness (QED) is 0.0949. The molecule has 0 saturated carbocycles. The molecule has 0 N–H and O–H groups in total. The van der Waals surface area contributed by atoms with E-state index in [1.54, 1.807) is 20.8 Å². The fraction of sp³-hybridized carbons (Fsp3) is 0.182. The first-order valence-corrected chi connectivity index (χ1v) is 16.5. The van der Waals surface area contributed by atoms with E-state index in [1.165, 1.54) is 36.4 Å². The molecule has 0 aromatic heterocycles. The van der Waals surface area contributed by atoms with E-state index in [4.69, 9.17) is 14.2 Å². The molecule has 0 amide bonds. The highest BCUT2D eigenvalue weighted by molar-refractivity contribution is 14.1. The molecule has 0 bridgehead atoms. The number of carbonyl (C=O) groups excluding carboxylic acids is 3. The number of ether oxygens (including phenoxy) is 3. The number of benzene rings is 4. The summed E-state index contributed by atoms with van der Waals surface area (Å²) in [6, 6.07) is 11.4. The van der Waals surface area contributed by atoms with Gasteiger partial charge in [0.15, 0.2) is 0 Å². The SMILES string of the molecule is Cc1c(COC(=O)c2cc(F)ccc2I)c(C)c(COC(=O)c2cc(F)ccc2I)c(C)c1COC(=O)c1cc(F)ccc1I. The first-order valence-electron chi connectivity index (χ1n) is 13.2. The number of hydrogen-bond acceptors (Lipinski definition) is 6. The van der Waals surface area contributed by atoms with Crippen molar-refractivity contribution in [2.75, 3.05) is 0 Å².